The second kappa shape index (κ2) is 6.54. The van der Waals surface area contributed by atoms with Gasteiger partial charge < -0.3 is 10.1 Å². The number of hydrogen-bond donors (Lipinski definition) is 1. The minimum absolute atomic E-state index is 0.714. The molecule has 0 heterocycles. The van der Waals surface area contributed by atoms with Gasteiger partial charge in [0, 0.05) is 6.54 Å². The Morgan fingerprint density at radius 3 is 2.62 bits per heavy atom. The van der Waals surface area contributed by atoms with Crippen LogP contribution in [-0.2, 0) is 6.54 Å². The Balaban J connectivity index is 2.37. The molecular formula is C14H23NO. The number of nitrogens with one attached hydrogen (secondary N) is 1. The van der Waals surface area contributed by atoms with Gasteiger partial charge >= 0.3 is 0 Å². The molecular weight excluding hydrogens is 198 g/mol. The van der Waals surface area contributed by atoms with Crippen molar-refractivity contribution in [3.63, 3.8) is 0 Å². The summed E-state index contributed by atoms with van der Waals surface area (Å²) in [6.07, 6.45) is 0. The topological polar surface area (TPSA) is 21.3 Å². The molecule has 0 bridgehead atoms. The Morgan fingerprint density at radius 2 is 2.00 bits per heavy atom. The van der Waals surface area contributed by atoms with Gasteiger partial charge in [-0.05, 0) is 36.1 Å². The van der Waals surface area contributed by atoms with Crippen LogP contribution in [0.4, 0.5) is 0 Å². The van der Waals surface area contributed by atoms with E-state index < -0.39 is 0 Å². The van der Waals surface area contributed by atoms with E-state index >= 15 is 0 Å². The molecule has 0 spiro atoms. The summed E-state index contributed by atoms with van der Waals surface area (Å²) in [5.74, 6) is 2.37. The molecule has 0 saturated carbocycles. The van der Waals surface area contributed by atoms with Gasteiger partial charge in [-0.2, -0.15) is 0 Å². The van der Waals surface area contributed by atoms with Gasteiger partial charge in [-0.1, -0.05) is 32.9 Å². The summed E-state index contributed by atoms with van der Waals surface area (Å²) in [4.78, 5) is 0. The number of ether oxygens (including phenoxy) is 1. The van der Waals surface area contributed by atoms with Crippen molar-refractivity contribution in [3.8, 4) is 5.75 Å². The van der Waals surface area contributed by atoms with Gasteiger partial charge in [0.15, 0.2) is 0 Å². The molecule has 0 amide bonds. The summed E-state index contributed by atoms with van der Waals surface area (Å²) in [6, 6.07) is 8.20. The highest BCUT2D eigenvalue weighted by atomic mass is 16.5. The van der Waals surface area contributed by atoms with E-state index in [4.69, 9.17) is 4.74 Å². The first kappa shape index (κ1) is 13.0. The lowest BCUT2D eigenvalue weighted by atomic mass is 9.98. The average molecular weight is 221 g/mol. The fraction of sp³-hybridized carbons (Fsp3) is 0.571. The second-order valence-electron chi connectivity index (χ2n) is 4.70. The van der Waals surface area contributed by atoms with Crippen LogP contribution in [0.2, 0.25) is 0 Å². The lowest BCUT2D eigenvalue weighted by Crippen LogP contribution is -2.23. The predicted molar refractivity (Wildman–Crippen MR) is 68.7 cm³/mol. The van der Waals surface area contributed by atoms with Crippen LogP contribution in [0.3, 0.4) is 0 Å². The van der Waals surface area contributed by atoms with Gasteiger partial charge in [-0.25, -0.2) is 0 Å². The normalized spacial score (nSPS) is 12.8. The monoisotopic (exact) mass is 221 g/mol. The van der Waals surface area contributed by atoms with E-state index in [2.05, 4.69) is 38.2 Å². The highest BCUT2D eigenvalue weighted by Crippen LogP contribution is 2.13. The Labute approximate surface area is 99.0 Å². The van der Waals surface area contributed by atoms with Crippen LogP contribution in [0.15, 0.2) is 24.3 Å². The standard InChI is InChI=1S/C14H23NO/c1-11(2)12(3)9-15-10-13-6-5-7-14(8-13)16-4/h5-8,11-12,15H,9-10H2,1-4H3/t12-/m1/s1. The molecule has 0 aliphatic carbocycles. The number of rotatable bonds is 6. The van der Waals surface area contributed by atoms with Crippen LogP contribution in [0.1, 0.15) is 26.3 Å². The Hall–Kier alpha value is -1.02. The highest BCUT2D eigenvalue weighted by Gasteiger charge is 2.05. The van der Waals surface area contributed by atoms with E-state index in [1.54, 1.807) is 7.11 Å². The highest BCUT2D eigenvalue weighted by molar-refractivity contribution is 5.28. The summed E-state index contributed by atoms with van der Waals surface area (Å²) in [5.41, 5.74) is 1.27. The van der Waals surface area contributed by atoms with E-state index in [1.807, 2.05) is 12.1 Å². The third-order valence-electron chi connectivity index (χ3n) is 3.07. The third-order valence-corrected chi connectivity index (χ3v) is 3.07. The molecule has 0 fully saturated rings. The molecule has 16 heavy (non-hydrogen) atoms. The van der Waals surface area contributed by atoms with E-state index in [1.165, 1.54) is 5.56 Å². The van der Waals surface area contributed by atoms with Crippen LogP contribution in [-0.4, -0.2) is 13.7 Å². The minimum Gasteiger partial charge on any atom is -0.497 e. The van der Waals surface area contributed by atoms with Crippen molar-refractivity contribution in [2.24, 2.45) is 11.8 Å². The maximum Gasteiger partial charge on any atom is 0.119 e. The number of methoxy groups -OCH3 is 1. The van der Waals surface area contributed by atoms with Gasteiger partial charge in [0.2, 0.25) is 0 Å². The second-order valence-corrected chi connectivity index (χ2v) is 4.70. The molecule has 1 atom stereocenters. The van der Waals surface area contributed by atoms with Crippen molar-refractivity contribution in [1.82, 2.24) is 5.32 Å². The summed E-state index contributed by atoms with van der Waals surface area (Å²) in [6.45, 7) is 8.78. The average Bonchev–Trinajstić information content (AvgIpc) is 2.29. The largest absolute Gasteiger partial charge is 0.497 e. The fourth-order valence-electron chi connectivity index (χ4n) is 1.46. The van der Waals surface area contributed by atoms with Crippen molar-refractivity contribution >= 4 is 0 Å². The van der Waals surface area contributed by atoms with Crippen molar-refractivity contribution in [1.29, 1.82) is 0 Å². The maximum atomic E-state index is 5.19. The first-order valence-corrected chi connectivity index (χ1v) is 5.97. The number of benzene rings is 1. The third kappa shape index (κ3) is 4.23. The van der Waals surface area contributed by atoms with Crippen LogP contribution in [0.25, 0.3) is 0 Å². The molecule has 2 nitrogen and oxygen atoms in total. The summed E-state index contributed by atoms with van der Waals surface area (Å²) in [7, 11) is 1.70. The zero-order valence-electron chi connectivity index (χ0n) is 10.8. The summed E-state index contributed by atoms with van der Waals surface area (Å²) in [5, 5.41) is 3.48. The van der Waals surface area contributed by atoms with Gasteiger partial charge in [0.05, 0.1) is 7.11 Å². The molecule has 0 saturated heterocycles. The van der Waals surface area contributed by atoms with Gasteiger partial charge in [-0.15, -0.1) is 0 Å². The van der Waals surface area contributed by atoms with Crippen LogP contribution < -0.4 is 10.1 Å². The van der Waals surface area contributed by atoms with Crippen molar-refractivity contribution in [2.75, 3.05) is 13.7 Å². The molecule has 1 rings (SSSR count). The van der Waals surface area contributed by atoms with Crippen molar-refractivity contribution in [2.45, 2.75) is 27.3 Å². The first-order chi connectivity index (χ1) is 7.63. The molecule has 1 aromatic carbocycles. The Morgan fingerprint density at radius 1 is 1.25 bits per heavy atom. The SMILES string of the molecule is COc1cccc(CNC[C@@H](C)C(C)C)c1. The molecule has 0 unspecified atom stereocenters. The van der Waals surface area contributed by atoms with E-state index in [0.717, 1.165) is 24.8 Å². The summed E-state index contributed by atoms with van der Waals surface area (Å²) < 4.78 is 5.19. The molecule has 0 aliphatic rings. The number of hydrogen-bond acceptors (Lipinski definition) is 2. The Kier molecular flexibility index (Phi) is 5.33. The van der Waals surface area contributed by atoms with Gasteiger partial charge in [0.1, 0.15) is 5.75 Å². The quantitative estimate of drug-likeness (QED) is 0.797. The first-order valence-electron chi connectivity index (χ1n) is 5.97. The minimum atomic E-state index is 0.714. The van der Waals surface area contributed by atoms with Crippen LogP contribution in [0, 0.1) is 11.8 Å². The smallest absolute Gasteiger partial charge is 0.119 e. The lowest BCUT2D eigenvalue weighted by Gasteiger charge is -2.16. The van der Waals surface area contributed by atoms with Crippen LogP contribution in [0.5, 0.6) is 5.75 Å². The molecule has 2 heteroatoms. The molecule has 0 aliphatic heterocycles. The van der Waals surface area contributed by atoms with Gasteiger partial charge in [-0.3, -0.25) is 0 Å². The van der Waals surface area contributed by atoms with Crippen LogP contribution >= 0.6 is 0 Å². The zero-order chi connectivity index (χ0) is 12.0. The van der Waals surface area contributed by atoms with Crippen molar-refractivity contribution in [3.05, 3.63) is 29.8 Å². The molecule has 1 aromatic rings. The summed E-state index contributed by atoms with van der Waals surface area (Å²) >= 11 is 0. The molecule has 0 aromatic heterocycles. The van der Waals surface area contributed by atoms with E-state index in [9.17, 15) is 0 Å². The Bertz CT molecular complexity index is 309. The maximum absolute atomic E-state index is 5.19. The van der Waals surface area contributed by atoms with Crippen molar-refractivity contribution < 1.29 is 4.74 Å². The predicted octanol–water partition coefficient (Wildman–Crippen LogP) is 3.08. The zero-order valence-corrected chi connectivity index (χ0v) is 10.8. The van der Waals surface area contributed by atoms with E-state index in [0.29, 0.717) is 5.92 Å². The molecule has 90 valence electrons. The fourth-order valence-corrected chi connectivity index (χ4v) is 1.46. The molecule has 1 N–H and O–H groups in total. The van der Waals surface area contributed by atoms with Gasteiger partial charge in [0.25, 0.3) is 0 Å². The molecule has 0 radical (unpaired) electrons. The lowest BCUT2D eigenvalue weighted by molar-refractivity contribution is 0.391. The van der Waals surface area contributed by atoms with E-state index in [-0.39, 0.29) is 0 Å².